The summed E-state index contributed by atoms with van der Waals surface area (Å²) in [5, 5.41) is 3.70. The second-order valence-electron chi connectivity index (χ2n) is 9.24. The van der Waals surface area contributed by atoms with Gasteiger partial charge in [0, 0.05) is 41.2 Å². The van der Waals surface area contributed by atoms with Crippen LogP contribution in [0.2, 0.25) is 5.02 Å². The van der Waals surface area contributed by atoms with Crippen LogP contribution in [-0.2, 0) is 17.8 Å². The molecule has 1 saturated heterocycles. The number of nitrogens with two attached hydrogens (primary N) is 2. The molecule has 3 aliphatic rings. The quantitative estimate of drug-likeness (QED) is 0.441. The molecule has 0 unspecified atom stereocenters. The van der Waals surface area contributed by atoms with Crippen LogP contribution in [0, 0.1) is 0 Å². The van der Waals surface area contributed by atoms with Crippen molar-refractivity contribution in [1.29, 1.82) is 0 Å². The van der Waals surface area contributed by atoms with Gasteiger partial charge in [0.25, 0.3) is 0 Å². The Kier molecular flexibility index (Phi) is 5.12. The molecule has 0 spiro atoms. The van der Waals surface area contributed by atoms with Crippen molar-refractivity contribution in [3.05, 3.63) is 33.3 Å². The molecule has 0 bridgehead atoms. The Hall–Kier alpha value is -2.63. The van der Waals surface area contributed by atoms with Gasteiger partial charge in [0.2, 0.25) is 5.91 Å². The second-order valence-corrected chi connectivity index (χ2v) is 10.4. The predicted molar refractivity (Wildman–Crippen MR) is 132 cm³/mol. The average Bonchev–Trinajstić information content (AvgIpc) is 3.19. The van der Waals surface area contributed by atoms with Gasteiger partial charge in [-0.15, -0.1) is 0 Å². The molecule has 12 heteroatoms. The van der Waals surface area contributed by atoms with Gasteiger partial charge >= 0.3 is 0 Å². The number of benzene rings is 1. The summed E-state index contributed by atoms with van der Waals surface area (Å²) in [4.78, 5) is 27.8. The molecule has 34 heavy (non-hydrogen) atoms. The van der Waals surface area contributed by atoms with Crippen LogP contribution in [0.5, 0.6) is 5.75 Å². The van der Waals surface area contributed by atoms with Gasteiger partial charge in [0.05, 0.1) is 30.2 Å². The Labute approximate surface area is 209 Å². The number of aromatic nitrogens is 4. The van der Waals surface area contributed by atoms with Crippen LogP contribution in [0.15, 0.2) is 17.1 Å². The number of nitrogens with one attached hydrogen (secondary N) is 1. The molecule has 5 N–H and O–H groups in total. The van der Waals surface area contributed by atoms with E-state index in [0.717, 1.165) is 46.3 Å². The maximum atomic E-state index is 12.9. The number of imidazole rings is 1. The summed E-state index contributed by atoms with van der Waals surface area (Å²) >= 11 is 10.5. The van der Waals surface area contributed by atoms with Crippen LogP contribution in [0.1, 0.15) is 30.4 Å². The van der Waals surface area contributed by atoms with Crippen LogP contribution in [0.3, 0.4) is 0 Å². The van der Waals surface area contributed by atoms with Gasteiger partial charge < -0.3 is 31.0 Å². The smallest absolute Gasteiger partial charge is 0.242 e. The summed E-state index contributed by atoms with van der Waals surface area (Å²) < 4.78 is 8.78. The van der Waals surface area contributed by atoms with Crippen molar-refractivity contribution in [2.24, 2.45) is 5.73 Å². The largest absolute Gasteiger partial charge is 0.491 e. The van der Waals surface area contributed by atoms with Crippen LogP contribution in [0.25, 0.3) is 11.2 Å². The first-order chi connectivity index (χ1) is 16.4. The van der Waals surface area contributed by atoms with Crippen LogP contribution >= 0.6 is 27.5 Å². The van der Waals surface area contributed by atoms with E-state index in [0.29, 0.717) is 54.7 Å². The number of fused-ring (bicyclic) bond motifs is 2. The van der Waals surface area contributed by atoms with Crippen molar-refractivity contribution in [3.8, 4) is 5.75 Å². The zero-order chi connectivity index (χ0) is 23.6. The van der Waals surface area contributed by atoms with Gasteiger partial charge in [-0.25, -0.2) is 15.0 Å². The minimum atomic E-state index is -0.958. The van der Waals surface area contributed by atoms with Crippen LogP contribution < -0.4 is 26.4 Å². The number of hydrogen-bond donors (Lipinski definition) is 3. The third-order valence-electron chi connectivity index (χ3n) is 6.84. The standard InChI is InChI=1S/C22H24BrClN8O2/c23-14-13(7-32-10-29-16-19(25)27-9-28-20(16)32)17(18-12(15(14)24)3-6-34-18)31-5-4-22(26,8-31)21(33)30-11-1-2-11/h9-11H,1-8,26H2,(H,30,33)(H2,25,27,28)/t22-/m1/s1. The predicted octanol–water partition coefficient (Wildman–Crippen LogP) is 1.99. The fourth-order valence-corrected chi connectivity index (χ4v) is 5.66. The van der Waals surface area contributed by atoms with E-state index >= 15 is 0 Å². The average molecular weight is 548 g/mol. The number of anilines is 2. The van der Waals surface area contributed by atoms with Crippen molar-refractivity contribution in [3.63, 3.8) is 0 Å². The summed E-state index contributed by atoms with van der Waals surface area (Å²) in [5.74, 6) is 0.999. The fraction of sp³-hybridized carbons (Fsp3) is 0.455. The van der Waals surface area contributed by atoms with Gasteiger partial charge in [0.1, 0.15) is 23.1 Å². The molecule has 3 aromatic rings. The summed E-state index contributed by atoms with van der Waals surface area (Å²) in [6, 6.07) is 0.263. The lowest BCUT2D eigenvalue weighted by Crippen LogP contribution is -2.56. The van der Waals surface area contributed by atoms with Gasteiger partial charge in [-0.2, -0.15) is 0 Å². The van der Waals surface area contributed by atoms with E-state index in [1.54, 1.807) is 6.33 Å². The van der Waals surface area contributed by atoms with Gasteiger partial charge in [-0.1, -0.05) is 11.6 Å². The molecule has 0 radical (unpaired) electrons. The van der Waals surface area contributed by atoms with Crippen molar-refractivity contribution in [2.75, 3.05) is 30.3 Å². The lowest BCUT2D eigenvalue weighted by Gasteiger charge is -2.28. The maximum Gasteiger partial charge on any atom is 0.242 e. The van der Waals surface area contributed by atoms with Crippen LogP contribution in [-0.4, -0.2) is 56.7 Å². The third-order valence-corrected chi connectivity index (χ3v) is 8.36. The topological polar surface area (TPSA) is 137 Å². The van der Waals surface area contributed by atoms with Gasteiger partial charge in [0.15, 0.2) is 11.5 Å². The van der Waals surface area contributed by atoms with E-state index < -0.39 is 5.54 Å². The van der Waals surface area contributed by atoms with E-state index in [-0.39, 0.29) is 11.9 Å². The molecule has 178 valence electrons. The molecule has 1 aliphatic carbocycles. The highest BCUT2D eigenvalue weighted by Gasteiger charge is 2.45. The third kappa shape index (κ3) is 3.48. The Morgan fingerprint density at radius 3 is 2.97 bits per heavy atom. The summed E-state index contributed by atoms with van der Waals surface area (Å²) in [7, 11) is 0. The first kappa shape index (κ1) is 21.9. The SMILES string of the molecule is Nc1ncnc2c1ncn2Cc1c(Br)c(Cl)c2c(c1N1CC[C@](N)(C(=O)NC3CC3)C1)OCC2. The van der Waals surface area contributed by atoms with E-state index in [9.17, 15) is 4.79 Å². The molecule has 2 aliphatic heterocycles. The number of carbonyl (C=O) groups excluding carboxylic acids is 1. The number of nitrogens with zero attached hydrogens (tertiary/aromatic N) is 5. The normalized spacial score (nSPS) is 21.7. The van der Waals surface area contributed by atoms with Crippen LogP contribution in [0.4, 0.5) is 11.5 Å². The minimum absolute atomic E-state index is 0.0857. The number of rotatable bonds is 5. The Morgan fingerprint density at radius 1 is 1.35 bits per heavy atom. The highest BCUT2D eigenvalue weighted by Crippen LogP contribution is 2.49. The molecule has 1 atom stereocenters. The van der Waals surface area contributed by atoms with E-state index in [4.69, 9.17) is 27.8 Å². The molecule has 1 saturated carbocycles. The molecule has 2 aromatic heterocycles. The zero-order valence-electron chi connectivity index (χ0n) is 18.4. The van der Waals surface area contributed by atoms with Crippen molar-refractivity contribution in [1.82, 2.24) is 24.8 Å². The van der Waals surface area contributed by atoms with Gasteiger partial charge in [-0.05, 0) is 35.2 Å². The molecule has 10 nitrogen and oxygen atoms in total. The first-order valence-corrected chi connectivity index (χ1v) is 12.4. The lowest BCUT2D eigenvalue weighted by atomic mass is 9.99. The maximum absolute atomic E-state index is 12.9. The van der Waals surface area contributed by atoms with Crippen molar-refractivity contribution < 1.29 is 9.53 Å². The first-order valence-electron chi connectivity index (χ1n) is 11.3. The number of hydrogen-bond acceptors (Lipinski definition) is 8. The zero-order valence-corrected chi connectivity index (χ0v) is 20.7. The summed E-state index contributed by atoms with van der Waals surface area (Å²) in [6.45, 7) is 1.99. The second kappa shape index (κ2) is 7.96. The minimum Gasteiger partial charge on any atom is -0.491 e. The van der Waals surface area contributed by atoms with E-state index in [2.05, 4.69) is 41.1 Å². The number of ether oxygens (including phenoxy) is 1. The van der Waals surface area contributed by atoms with E-state index in [1.807, 2.05) is 4.57 Å². The number of halogens is 2. The van der Waals surface area contributed by atoms with Crippen molar-refractivity contribution in [2.45, 2.75) is 43.8 Å². The monoisotopic (exact) mass is 546 g/mol. The van der Waals surface area contributed by atoms with Crippen molar-refractivity contribution >= 4 is 56.1 Å². The molecule has 4 heterocycles. The molecular weight excluding hydrogens is 524 g/mol. The Morgan fingerprint density at radius 2 is 2.18 bits per heavy atom. The number of nitrogen functional groups attached to an aromatic ring is 1. The molecular formula is C22H24BrClN8O2. The highest BCUT2D eigenvalue weighted by atomic mass is 79.9. The molecule has 6 rings (SSSR count). The van der Waals surface area contributed by atoms with Gasteiger partial charge in [-0.3, -0.25) is 4.79 Å². The number of carbonyl (C=O) groups is 1. The highest BCUT2D eigenvalue weighted by molar-refractivity contribution is 9.10. The molecule has 1 aromatic carbocycles. The lowest BCUT2D eigenvalue weighted by molar-refractivity contribution is -0.125. The van der Waals surface area contributed by atoms with E-state index in [1.165, 1.54) is 6.33 Å². The number of amides is 1. The molecule has 1 amide bonds. The summed E-state index contributed by atoms with van der Waals surface area (Å²) in [6.07, 6.45) is 6.43. The fourth-order valence-electron chi connectivity index (χ4n) is 4.81. The molecule has 2 fully saturated rings. The Bertz CT molecular complexity index is 1330. The summed E-state index contributed by atoms with van der Waals surface area (Å²) in [5.41, 5.74) is 15.6. The Balaban J connectivity index is 1.42.